The van der Waals surface area contributed by atoms with E-state index < -0.39 is 0 Å². The van der Waals surface area contributed by atoms with Crippen molar-refractivity contribution < 1.29 is 9.64 Å². The van der Waals surface area contributed by atoms with Gasteiger partial charge in [0.15, 0.2) is 5.11 Å². The van der Waals surface area contributed by atoms with Crippen LogP contribution in [-0.2, 0) is 4.74 Å². The topological polar surface area (TPSA) is 63.0 Å². The number of hydrazone groups is 1. The van der Waals surface area contributed by atoms with E-state index >= 15 is 0 Å². The van der Waals surface area contributed by atoms with Crippen molar-refractivity contribution in [1.82, 2.24) is 15.7 Å². The highest BCUT2D eigenvalue weighted by atomic mass is 32.1. The molecule has 1 aromatic rings. The molecule has 6 nitrogen and oxygen atoms in total. The Hall–Kier alpha value is -1.57. The van der Waals surface area contributed by atoms with Crippen LogP contribution < -0.4 is 15.6 Å². The Morgan fingerprint density at radius 2 is 2.23 bits per heavy atom. The van der Waals surface area contributed by atoms with Crippen LogP contribution in [0.15, 0.2) is 29.5 Å². The van der Waals surface area contributed by atoms with Crippen LogP contribution in [0.1, 0.15) is 19.0 Å². The fourth-order valence-electron chi connectivity index (χ4n) is 2.26. The summed E-state index contributed by atoms with van der Waals surface area (Å²) in [6.07, 6.45) is 2.83. The first-order chi connectivity index (χ1) is 10.8. The van der Waals surface area contributed by atoms with Crippen LogP contribution >= 0.6 is 12.2 Å². The van der Waals surface area contributed by atoms with Crippen LogP contribution in [0.2, 0.25) is 0 Å². The van der Waals surface area contributed by atoms with Crippen molar-refractivity contribution in [3.05, 3.63) is 30.1 Å². The molecule has 0 aromatic carbocycles. The van der Waals surface area contributed by atoms with Crippen LogP contribution in [0.3, 0.4) is 0 Å². The number of thiocarbonyl (C=S) groups is 1. The SMILES string of the molecule is C/C(=N/NC(=S)NCCC[NH+]1CCOCC1)c1ccccn1. The molecule has 0 aliphatic carbocycles. The lowest BCUT2D eigenvalue weighted by Gasteiger charge is -2.23. The molecule has 1 saturated heterocycles. The average Bonchev–Trinajstić information content (AvgIpc) is 2.58. The van der Waals surface area contributed by atoms with Crippen molar-refractivity contribution in [2.75, 3.05) is 39.4 Å². The van der Waals surface area contributed by atoms with Gasteiger partial charge in [-0.2, -0.15) is 5.10 Å². The predicted molar refractivity (Wildman–Crippen MR) is 91.2 cm³/mol. The lowest BCUT2D eigenvalue weighted by Crippen LogP contribution is -3.14. The Morgan fingerprint density at radius 1 is 1.41 bits per heavy atom. The summed E-state index contributed by atoms with van der Waals surface area (Å²) in [5.41, 5.74) is 4.51. The molecule has 22 heavy (non-hydrogen) atoms. The first kappa shape index (κ1) is 16.8. The standard InChI is InChI=1S/C15H23N5OS/c1-13(14-5-2-3-6-16-14)18-19-15(22)17-7-4-8-20-9-11-21-12-10-20/h2-3,5-6H,4,7-12H2,1H3,(H2,17,19,22)/p+1/b18-13-. The summed E-state index contributed by atoms with van der Waals surface area (Å²) in [4.78, 5) is 5.84. The highest BCUT2D eigenvalue weighted by Crippen LogP contribution is 1.94. The quantitative estimate of drug-likeness (QED) is 0.287. The number of ether oxygens (including phenoxy) is 1. The van der Waals surface area contributed by atoms with E-state index in [9.17, 15) is 0 Å². The number of quaternary nitrogens is 1. The van der Waals surface area contributed by atoms with Gasteiger partial charge in [-0.25, -0.2) is 0 Å². The predicted octanol–water partition coefficient (Wildman–Crippen LogP) is -0.425. The minimum Gasteiger partial charge on any atom is -0.370 e. The summed E-state index contributed by atoms with van der Waals surface area (Å²) in [6.45, 7) is 7.88. The first-order valence-electron chi connectivity index (χ1n) is 7.66. The molecule has 1 aliphatic rings. The van der Waals surface area contributed by atoms with Gasteiger partial charge in [-0.1, -0.05) is 6.07 Å². The normalized spacial score (nSPS) is 16.3. The van der Waals surface area contributed by atoms with Gasteiger partial charge in [-0.15, -0.1) is 0 Å². The number of morpholine rings is 1. The summed E-state index contributed by atoms with van der Waals surface area (Å²) in [7, 11) is 0. The van der Waals surface area contributed by atoms with Gasteiger partial charge >= 0.3 is 0 Å². The molecule has 1 fully saturated rings. The number of hydrogen-bond acceptors (Lipinski definition) is 4. The van der Waals surface area contributed by atoms with E-state index in [4.69, 9.17) is 17.0 Å². The Kier molecular flexibility index (Phi) is 7.21. The molecule has 0 atom stereocenters. The van der Waals surface area contributed by atoms with E-state index in [1.54, 1.807) is 11.1 Å². The van der Waals surface area contributed by atoms with Crippen LogP contribution in [0.25, 0.3) is 0 Å². The second-order valence-electron chi connectivity index (χ2n) is 5.25. The van der Waals surface area contributed by atoms with Gasteiger partial charge in [0.25, 0.3) is 0 Å². The maximum atomic E-state index is 5.35. The van der Waals surface area contributed by atoms with Crippen LogP contribution in [0.5, 0.6) is 0 Å². The molecule has 0 bridgehead atoms. The number of rotatable bonds is 6. The average molecular weight is 322 g/mol. The molecule has 2 heterocycles. The zero-order valence-electron chi connectivity index (χ0n) is 13.0. The van der Waals surface area contributed by atoms with Gasteiger partial charge in [0.05, 0.1) is 31.2 Å². The lowest BCUT2D eigenvalue weighted by molar-refractivity contribution is -0.908. The Bertz CT molecular complexity index is 488. The second-order valence-corrected chi connectivity index (χ2v) is 5.65. The Balaban J connectivity index is 1.61. The number of nitrogens with one attached hydrogen (secondary N) is 3. The largest absolute Gasteiger partial charge is 0.370 e. The number of pyridine rings is 1. The van der Waals surface area contributed by atoms with E-state index in [1.165, 1.54) is 0 Å². The summed E-state index contributed by atoms with van der Waals surface area (Å²) >= 11 is 5.22. The molecular weight excluding hydrogens is 298 g/mol. The zero-order valence-corrected chi connectivity index (χ0v) is 13.8. The molecule has 0 amide bonds. The smallest absolute Gasteiger partial charge is 0.186 e. The van der Waals surface area contributed by atoms with Gasteiger partial charge in [-0.05, 0) is 31.3 Å². The molecule has 0 unspecified atom stereocenters. The third-order valence-corrected chi connectivity index (χ3v) is 3.79. The molecule has 0 spiro atoms. The molecular formula is C15H24N5OS+. The van der Waals surface area contributed by atoms with E-state index in [0.29, 0.717) is 5.11 Å². The Labute approximate surface area is 136 Å². The van der Waals surface area contributed by atoms with Gasteiger partial charge in [0.1, 0.15) is 13.1 Å². The van der Waals surface area contributed by atoms with Gasteiger partial charge in [0.2, 0.25) is 0 Å². The highest BCUT2D eigenvalue weighted by Gasteiger charge is 2.12. The van der Waals surface area contributed by atoms with Crippen molar-refractivity contribution in [1.29, 1.82) is 0 Å². The molecule has 2 rings (SSSR count). The number of nitrogens with zero attached hydrogens (tertiary/aromatic N) is 2. The minimum atomic E-state index is 0.548. The van der Waals surface area contributed by atoms with E-state index in [1.807, 2.05) is 25.1 Å². The lowest BCUT2D eigenvalue weighted by atomic mass is 10.3. The van der Waals surface area contributed by atoms with Crippen molar-refractivity contribution in [3.63, 3.8) is 0 Å². The summed E-state index contributed by atoms with van der Waals surface area (Å²) in [5.74, 6) is 0. The van der Waals surface area contributed by atoms with E-state index in [0.717, 1.165) is 57.2 Å². The highest BCUT2D eigenvalue weighted by molar-refractivity contribution is 7.80. The van der Waals surface area contributed by atoms with E-state index in [2.05, 4.69) is 20.8 Å². The summed E-state index contributed by atoms with van der Waals surface area (Å²) in [6, 6.07) is 5.74. The second kappa shape index (κ2) is 9.45. The third-order valence-electron chi connectivity index (χ3n) is 3.55. The van der Waals surface area contributed by atoms with Crippen molar-refractivity contribution in [3.8, 4) is 0 Å². The zero-order chi connectivity index (χ0) is 15.6. The molecule has 3 N–H and O–H groups in total. The minimum absolute atomic E-state index is 0.548. The molecule has 1 aromatic heterocycles. The molecule has 120 valence electrons. The number of hydrogen-bond donors (Lipinski definition) is 3. The van der Waals surface area contributed by atoms with Crippen molar-refractivity contribution in [2.45, 2.75) is 13.3 Å². The van der Waals surface area contributed by atoms with Gasteiger partial charge < -0.3 is 15.0 Å². The molecule has 0 saturated carbocycles. The van der Waals surface area contributed by atoms with Crippen LogP contribution in [0, 0.1) is 0 Å². The molecule has 0 radical (unpaired) electrons. The fourth-order valence-corrected chi connectivity index (χ4v) is 2.41. The monoisotopic (exact) mass is 322 g/mol. The molecule has 1 aliphatic heterocycles. The maximum Gasteiger partial charge on any atom is 0.186 e. The van der Waals surface area contributed by atoms with Gasteiger partial charge in [-0.3, -0.25) is 10.4 Å². The fraction of sp³-hybridized carbons (Fsp3) is 0.533. The maximum absolute atomic E-state index is 5.35. The number of aromatic nitrogens is 1. The van der Waals surface area contributed by atoms with Crippen molar-refractivity contribution in [2.24, 2.45) is 5.10 Å². The third kappa shape index (κ3) is 6.05. The van der Waals surface area contributed by atoms with Gasteiger partial charge in [0, 0.05) is 19.2 Å². The first-order valence-corrected chi connectivity index (χ1v) is 8.07. The Morgan fingerprint density at radius 3 is 2.95 bits per heavy atom. The van der Waals surface area contributed by atoms with Crippen molar-refractivity contribution >= 4 is 23.0 Å². The van der Waals surface area contributed by atoms with Crippen LogP contribution in [0.4, 0.5) is 0 Å². The summed E-state index contributed by atoms with van der Waals surface area (Å²) < 4.78 is 5.35. The molecule has 7 heteroatoms. The van der Waals surface area contributed by atoms with Crippen LogP contribution in [-0.4, -0.2) is 55.2 Å². The van der Waals surface area contributed by atoms with E-state index in [-0.39, 0.29) is 0 Å². The summed E-state index contributed by atoms with van der Waals surface area (Å²) in [5, 5.41) is 7.97.